The molecule has 0 radical (unpaired) electrons. The Balaban J connectivity index is 1.61. The van der Waals surface area contributed by atoms with Crippen LogP contribution < -0.4 is 5.32 Å². The van der Waals surface area contributed by atoms with Gasteiger partial charge in [0.2, 0.25) is 0 Å². The summed E-state index contributed by atoms with van der Waals surface area (Å²) in [7, 11) is 0. The second-order valence-corrected chi connectivity index (χ2v) is 6.06. The highest BCUT2D eigenvalue weighted by Crippen LogP contribution is 2.36. The predicted octanol–water partition coefficient (Wildman–Crippen LogP) is 1.77. The van der Waals surface area contributed by atoms with Gasteiger partial charge in [0.1, 0.15) is 0 Å². The maximum atomic E-state index is 5.47. The average Bonchev–Trinajstić information content (AvgIpc) is 2.41. The largest absolute Gasteiger partial charge is 0.379 e. The highest BCUT2D eigenvalue weighted by molar-refractivity contribution is 4.98. The number of ether oxygens (including phenoxy) is 1. The molecular formula is C14H26N2O. The van der Waals surface area contributed by atoms with Crippen molar-refractivity contribution < 1.29 is 4.74 Å². The van der Waals surface area contributed by atoms with Crippen molar-refractivity contribution in [2.45, 2.75) is 56.5 Å². The minimum Gasteiger partial charge on any atom is -0.379 e. The van der Waals surface area contributed by atoms with E-state index in [1.165, 1.54) is 51.5 Å². The van der Waals surface area contributed by atoms with Gasteiger partial charge in [0.25, 0.3) is 0 Å². The molecule has 1 aliphatic carbocycles. The van der Waals surface area contributed by atoms with Crippen molar-refractivity contribution in [2.75, 3.05) is 32.8 Å². The molecule has 0 aromatic carbocycles. The van der Waals surface area contributed by atoms with E-state index < -0.39 is 0 Å². The smallest absolute Gasteiger partial charge is 0.0594 e. The van der Waals surface area contributed by atoms with Crippen molar-refractivity contribution in [3.8, 4) is 0 Å². The molecule has 1 spiro atoms. The van der Waals surface area contributed by atoms with E-state index in [2.05, 4.69) is 10.2 Å². The van der Waals surface area contributed by atoms with Crippen LogP contribution in [0, 0.1) is 0 Å². The topological polar surface area (TPSA) is 24.5 Å². The third-order valence-corrected chi connectivity index (χ3v) is 4.98. The molecule has 2 heterocycles. The Labute approximate surface area is 105 Å². The van der Waals surface area contributed by atoms with Crippen LogP contribution >= 0.6 is 0 Å². The van der Waals surface area contributed by atoms with E-state index in [1.54, 1.807) is 0 Å². The number of nitrogens with one attached hydrogen (secondary N) is 1. The zero-order chi connectivity index (χ0) is 11.6. The van der Waals surface area contributed by atoms with Gasteiger partial charge in [-0.1, -0.05) is 19.3 Å². The first-order valence-electron chi connectivity index (χ1n) is 7.45. The third kappa shape index (κ3) is 2.67. The monoisotopic (exact) mass is 238 g/mol. The Bertz CT molecular complexity index is 239. The van der Waals surface area contributed by atoms with Crippen LogP contribution in [0.3, 0.4) is 0 Å². The summed E-state index contributed by atoms with van der Waals surface area (Å²) < 4.78 is 5.47. The van der Waals surface area contributed by atoms with Gasteiger partial charge in [-0.15, -0.1) is 0 Å². The van der Waals surface area contributed by atoms with Crippen molar-refractivity contribution >= 4 is 0 Å². The fourth-order valence-corrected chi connectivity index (χ4v) is 3.99. The van der Waals surface area contributed by atoms with E-state index in [0.717, 1.165) is 32.3 Å². The first-order valence-corrected chi connectivity index (χ1v) is 7.45. The van der Waals surface area contributed by atoms with Gasteiger partial charge in [-0.25, -0.2) is 0 Å². The van der Waals surface area contributed by atoms with Crippen LogP contribution in [0.25, 0.3) is 0 Å². The molecule has 1 unspecified atom stereocenters. The Morgan fingerprint density at radius 3 is 2.59 bits per heavy atom. The van der Waals surface area contributed by atoms with E-state index in [0.29, 0.717) is 5.54 Å². The zero-order valence-electron chi connectivity index (χ0n) is 10.9. The van der Waals surface area contributed by atoms with E-state index in [9.17, 15) is 0 Å². The molecule has 98 valence electrons. The quantitative estimate of drug-likeness (QED) is 0.753. The molecule has 3 rings (SSSR count). The number of hydrogen-bond donors (Lipinski definition) is 1. The number of piperidine rings is 1. The normalized spacial score (nSPS) is 34.9. The summed E-state index contributed by atoms with van der Waals surface area (Å²) in [5.74, 6) is 0. The Morgan fingerprint density at radius 2 is 1.82 bits per heavy atom. The molecule has 2 saturated heterocycles. The van der Waals surface area contributed by atoms with Crippen molar-refractivity contribution in [1.82, 2.24) is 10.2 Å². The molecule has 1 atom stereocenters. The lowest BCUT2D eigenvalue weighted by Crippen LogP contribution is -2.58. The van der Waals surface area contributed by atoms with Gasteiger partial charge in [0.05, 0.1) is 13.2 Å². The number of morpholine rings is 1. The maximum absolute atomic E-state index is 5.47. The Kier molecular flexibility index (Phi) is 3.69. The van der Waals surface area contributed by atoms with Gasteiger partial charge >= 0.3 is 0 Å². The Hall–Kier alpha value is -0.120. The summed E-state index contributed by atoms with van der Waals surface area (Å²) in [5, 5.41) is 3.85. The second kappa shape index (κ2) is 5.25. The van der Waals surface area contributed by atoms with Crippen molar-refractivity contribution in [1.29, 1.82) is 0 Å². The van der Waals surface area contributed by atoms with Crippen LogP contribution in [-0.4, -0.2) is 49.3 Å². The third-order valence-electron chi connectivity index (χ3n) is 4.98. The number of nitrogens with zero attached hydrogens (tertiary/aromatic N) is 1. The van der Waals surface area contributed by atoms with Crippen LogP contribution in [0.2, 0.25) is 0 Å². The predicted molar refractivity (Wildman–Crippen MR) is 69.2 cm³/mol. The summed E-state index contributed by atoms with van der Waals surface area (Å²) in [4.78, 5) is 2.68. The van der Waals surface area contributed by atoms with Gasteiger partial charge in [0, 0.05) is 24.7 Å². The van der Waals surface area contributed by atoms with Crippen LogP contribution in [0.15, 0.2) is 0 Å². The van der Waals surface area contributed by atoms with Crippen LogP contribution in [0.4, 0.5) is 0 Å². The first-order chi connectivity index (χ1) is 8.38. The maximum Gasteiger partial charge on any atom is 0.0594 e. The van der Waals surface area contributed by atoms with Crippen LogP contribution in [0.1, 0.15) is 44.9 Å². The lowest BCUT2D eigenvalue weighted by atomic mass is 9.74. The summed E-state index contributed by atoms with van der Waals surface area (Å²) in [6, 6.07) is 0.818. The van der Waals surface area contributed by atoms with Gasteiger partial charge in [-0.2, -0.15) is 0 Å². The van der Waals surface area contributed by atoms with Crippen LogP contribution in [0.5, 0.6) is 0 Å². The summed E-state index contributed by atoms with van der Waals surface area (Å²) in [6.07, 6.45) is 9.85. The second-order valence-electron chi connectivity index (χ2n) is 6.06. The Morgan fingerprint density at radius 1 is 1.06 bits per heavy atom. The molecular weight excluding hydrogens is 212 g/mol. The minimum absolute atomic E-state index is 0.499. The highest BCUT2D eigenvalue weighted by atomic mass is 16.5. The molecule has 1 saturated carbocycles. The van der Waals surface area contributed by atoms with E-state index in [4.69, 9.17) is 4.74 Å². The molecule has 0 amide bonds. The van der Waals surface area contributed by atoms with Gasteiger partial charge < -0.3 is 10.1 Å². The number of rotatable bonds is 1. The standard InChI is InChI=1S/C14H26N2O/c1-2-5-14(6-3-1)12-13(4-7-15-14)16-8-10-17-11-9-16/h13,15H,1-12H2. The zero-order valence-corrected chi connectivity index (χ0v) is 10.9. The molecule has 3 heteroatoms. The van der Waals surface area contributed by atoms with E-state index >= 15 is 0 Å². The molecule has 17 heavy (non-hydrogen) atoms. The summed E-state index contributed by atoms with van der Waals surface area (Å²) in [5.41, 5.74) is 0.499. The average molecular weight is 238 g/mol. The van der Waals surface area contributed by atoms with E-state index in [-0.39, 0.29) is 0 Å². The molecule has 0 aromatic heterocycles. The highest BCUT2D eigenvalue weighted by Gasteiger charge is 2.38. The lowest BCUT2D eigenvalue weighted by Gasteiger charge is -2.48. The van der Waals surface area contributed by atoms with E-state index in [1.807, 2.05) is 0 Å². The molecule has 2 aliphatic heterocycles. The number of hydrogen-bond acceptors (Lipinski definition) is 3. The first kappa shape index (κ1) is 11.9. The van der Waals surface area contributed by atoms with Crippen molar-refractivity contribution in [3.05, 3.63) is 0 Å². The van der Waals surface area contributed by atoms with Gasteiger partial charge in [-0.05, 0) is 32.2 Å². The summed E-state index contributed by atoms with van der Waals surface area (Å²) in [6.45, 7) is 5.41. The molecule has 0 bridgehead atoms. The molecule has 1 N–H and O–H groups in total. The summed E-state index contributed by atoms with van der Waals surface area (Å²) >= 11 is 0. The molecule has 0 aromatic rings. The fraction of sp³-hybridized carbons (Fsp3) is 1.00. The van der Waals surface area contributed by atoms with Crippen LogP contribution in [-0.2, 0) is 4.74 Å². The fourth-order valence-electron chi connectivity index (χ4n) is 3.99. The van der Waals surface area contributed by atoms with Crippen molar-refractivity contribution in [3.63, 3.8) is 0 Å². The van der Waals surface area contributed by atoms with Gasteiger partial charge in [-0.3, -0.25) is 4.90 Å². The minimum atomic E-state index is 0.499. The molecule has 3 aliphatic rings. The molecule has 3 fully saturated rings. The lowest BCUT2D eigenvalue weighted by molar-refractivity contribution is -0.00563. The molecule has 3 nitrogen and oxygen atoms in total. The van der Waals surface area contributed by atoms with Crippen molar-refractivity contribution in [2.24, 2.45) is 0 Å². The SMILES string of the molecule is C1CCC2(CC1)CC(N1CCOCC1)CCN2. The van der Waals surface area contributed by atoms with Gasteiger partial charge in [0.15, 0.2) is 0 Å².